The molecule has 8 heteroatoms. The van der Waals surface area contributed by atoms with Crippen molar-refractivity contribution in [3.8, 4) is 0 Å². The highest BCUT2D eigenvalue weighted by molar-refractivity contribution is 5.93. The molecule has 1 aromatic carbocycles. The standard InChI is InChI=1S/C21H29N5O2.ClH/c1-16-20(23-24-26(16)18-9-11-22-12-10-18)21(27)25(15-19-8-5-13-28-19)14-17-6-3-2-4-7-17;/h2-4,6-7,18-19,22H,5,8-15H2,1H3;1H. The number of benzene rings is 1. The number of carbonyl (C=O) groups excluding carboxylic acids is 1. The van der Waals surface area contributed by atoms with Crippen LogP contribution in [0, 0.1) is 6.92 Å². The van der Waals surface area contributed by atoms with E-state index in [9.17, 15) is 4.79 Å². The summed E-state index contributed by atoms with van der Waals surface area (Å²) in [6.07, 6.45) is 4.19. The van der Waals surface area contributed by atoms with Gasteiger partial charge in [-0.3, -0.25) is 4.79 Å². The molecule has 4 rings (SSSR count). The van der Waals surface area contributed by atoms with Gasteiger partial charge in [-0.05, 0) is 51.3 Å². The van der Waals surface area contributed by atoms with Gasteiger partial charge in [-0.2, -0.15) is 0 Å². The first-order valence-corrected chi connectivity index (χ1v) is 10.3. The molecule has 2 aromatic rings. The minimum absolute atomic E-state index is 0. The number of rotatable bonds is 6. The fraction of sp³-hybridized carbons (Fsp3) is 0.571. The molecule has 0 aliphatic carbocycles. The average molecular weight is 420 g/mol. The Labute approximate surface area is 178 Å². The van der Waals surface area contributed by atoms with Gasteiger partial charge in [0.25, 0.3) is 5.91 Å². The average Bonchev–Trinajstić information content (AvgIpc) is 3.38. The Balaban J connectivity index is 0.00000240. The van der Waals surface area contributed by atoms with Crippen molar-refractivity contribution in [3.63, 3.8) is 0 Å². The molecule has 0 spiro atoms. The fourth-order valence-electron chi connectivity index (χ4n) is 4.14. The summed E-state index contributed by atoms with van der Waals surface area (Å²) >= 11 is 0. The zero-order valence-corrected chi connectivity index (χ0v) is 17.7. The lowest BCUT2D eigenvalue weighted by Crippen LogP contribution is -2.37. The molecular formula is C21H30ClN5O2. The molecule has 1 amide bonds. The normalized spacial score (nSPS) is 19.7. The summed E-state index contributed by atoms with van der Waals surface area (Å²) in [7, 11) is 0. The van der Waals surface area contributed by atoms with Crippen LogP contribution in [0.15, 0.2) is 30.3 Å². The first-order valence-electron chi connectivity index (χ1n) is 10.3. The molecule has 29 heavy (non-hydrogen) atoms. The molecule has 3 heterocycles. The lowest BCUT2D eigenvalue weighted by Gasteiger charge is -2.26. The SMILES string of the molecule is Cc1c(C(=O)N(Cc2ccccc2)CC2CCCO2)nnn1C1CCNCC1.Cl. The Morgan fingerprint density at radius 1 is 1.24 bits per heavy atom. The Morgan fingerprint density at radius 3 is 2.69 bits per heavy atom. The third-order valence-corrected chi connectivity index (χ3v) is 5.74. The zero-order valence-electron chi connectivity index (χ0n) is 16.9. The van der Waals surface area contributed by atoms with Crippen LogP contribution in [0.2, 0.25) is 0 Å². The Bertz CT molecular complexity index is 786. The number of ether oxygens (including phenoxy) is 1. The van der Waals surface area contributed by atoms with Crippen LogP contribution in [0.1, 0.15) is 53.5 Å². The molecule has 0 saturated carbocycles. The topological polar surface area (TPSA) is 72.3 Å². The number of piperidine rings is 1. The molecule has 1 N–H and O–H groups in total. The van der Waals surface area contributed by atoms with E-state index in [0.29, 0.717) is 24.8 Å². The summed E-state index contributed by atoms with van der Waals surface area (Å²) in [4.78, 5) is 15.3. The largest absolute Gasteiger partial charge is 0.376 e. The van der Waals surface area contributed by atoms with Crippen LogP contribution in [0.3, 0.4) is 0 Å². The molecule has 2 aliphatic rings. The van der Waals surface area contributed by atoms with E-state index in [0.717, 1.165) is 56.6 Å². The van der Waals surface area contributed by atoms with Crippen molar-refractivity contribution in [2.45, 2.75) is 51.3 Å². The highest BCUT2D eigenvalue weighted by Crippen LogP contribution is 2.22. The predicted molar refractivity (Wildman–Crippen MR) is 113 cm³/mol. The van der Waals surface area contributed by atoms with Gasteiger partial charge in [-0.1, -0.05) is 35.5 Å². The highest BCUT2D eigenvalue weighted by atomic mass is 35.5. The molecule has 2 aliphatic heterocycles. The molecule has 2 fully saturated rings. The van der Waals surface area contributed by atoms with Gasteiger partial charge in [0.2, 0.25) is 0 Å². The Kier molecular flexibility index (Phi) is 7.64. The Morgan fingerprint density at radius 2 is 2.00 bits per heavy atom. The minimum Gasteiger partial charge on any atom is -0.376 e. The molecule has 158 valence electrons. The molecule has 0 bridgehead atoms. The minimum atomic E-state index is -0.0583. The molecular weight excluding hydrogens is 390 g/mol. The van der Waals surface area contributed by atoms with Crippen molar-refractivity contribution in [1.29, 1.82) is 0 Å². The molecule has 0 radical (unpaired) electrons. The van der Waals surface area contributed by atoms with E-state index >= 15 is 0 Å². The predicted octanol–water partition coefficient (Wildman–Crippen LogP) is 2.75. The number of hydrogen-bond donors (Lipinski definition) is 1. The smallest absolute Gasteiger partial charge is 0.276 e. The van der Waals surface area contributed by atoms with E-state index in [-0.39, 0.29) is 24.4 Å². The van der Waals surface area contributed by atoms with Gasteiger partial charge in [-0.25, -0.2) is 4.68 Å². The van der Waals surface area contributed by atoms with Crippen molar-refractivity contribution < 1.29 is 9.53 Å². The number of carbonyl (C=O) groups is 1. The van der Waals surface area contributed by atoms with Gasteiger partial charge < -0.3 is 15.0 Å². The van der Waals surface area contributed by atoms with Gasteiger partial charge in [0.1, 0.15) is 0 Å². The summed E-state index contributed by atoms with van der Waals surface area (Å²) in [6, 6.07) is 10.4. The number of nitrogens with zero attached hydrogens (tertiary/aromatic N) is 4. The van der Waals surface area contributed by atoms with E-state index in [1.54, 1.807) is 0 Å². The molecule has 7 nitrogen and oxygen atoms in total. The fourth-order valence-corrected chi connectivity index (χ4v) is 4.14. The van der Waals surface area contributed by atoms with Crippen LogP contribution >= 0.6 is 12.4 Å². The molecule has 1 unspecified atom stereocenters. The summed E-state index contributed by atoms with van der Waals surface area (Å²) in [5.41, 5.74) is 2.44. The van der Waals surface area contributed by atoms with Crippen LogP contribution < -0.4 is 5.32 Å². The number of halogens is 1. The molecule has 2 saturated heterocycles. The van der Waals surface area contributed by atoms with Crippen molar-refractivity contribution >= 4 is 18.3 Å². The van der Waals surface area contributed by atoms with Gasteiger partial charge in [-0.15, -0.1) is 17.5 Å². The van der Waals surface area contributed by atoms with Crippen molar-refractivity contribution in [3.05, 3.63) is 47.3 Å². The van der Waals surface area contributed by atoms with E-state index in [2.05, 4.69) is 27.8 Å². The van der Waals surface area contributed by atoms with Crippen molar-refractivity contribution in [2.24, 2.45) is 0 Å². The number of aromatic nitrogens is 3. The first kappa shape index (κ1) is 21.7. The lowest BCUT2D eigenvalue weighted by molar-refractivity contribution is 0.0502. The maximum atomic E-state index is 13.4. The van der Waals surface area contributed by atoms with Crippen LogP contribution in [-0.2, 0) is 11.3 Å². The van der Waals surface area contributed by atoms with Crippen LogP contribution in [0.4, 0.5) is 0 Å². The number of amides is 1. The maximum absolute atomic E-state index is 13.4. The number of hydrogen-bond acceptors (Lipinski definition) is 5. The van der Waals surface area contributed by atoms with E-state index in [1.807, 2.05) is 34.7 Å². The van der Waals surface area contributed by atoms with Crippen LogP contribution in [0.5, 0.6) is 0 Å². The van der Waals surface area contributed by atoms with E-state index in [4.69, 9.17) is 4.74 Å². The second kappa shape index (κ2) is 10.2. The Hall–Kier alpha value is -1.96. The summed E-state index contributed by atoms with van der Waals surface area (Å²) in [5, 5.41) is 12.0. The second-order valence-electron chi connectivity index (χ2n) is 7.76. The second-order valence-corrected chi connectivity index (χ2v) is 7.76. The van der Waals surface area contributed by atoms with Crippen LogP contribution in [-0.4, -0.2) is 58.1 Å². The van der Waals surface area contributed by atoms with Crippen molar-refractivity contribution in [1.82, 2.24) is 25.2 Å². The van der Waals surface area contributed by atoms with Gasteiger partial charge in [0.15, 0.2) is 5.69 Å². The first-order chi connectivity index (χ1) is 13.7. The van der Waals surface area contributed by atoms with Crippen molar-refractivity contribution in [2.75, 3.05) is 26.2 Å². The van der Waals surface area contributed by atoms with Gasteiger partial charge in [0.05, 0.1) is 17.8 Å². The summed E-state index contributed by atoms with van der Waals surface area (Å²) in [6.45, 7) is 5.84. The summed E-state index contributed by atoms with van der Waals surface area (Å²) < 4.78 is 7.74. The highest BCUT2D eigenvalue weighted by Gasteiger charge is 2.28. The maximum Gasteiger partial charge on any atom is 0.276 e. The third-order valence-electron chi connectivity index (χ3n) is 5.74. The third kappa shape index (κ3) is 5.15. The number of nitrogens with one attached hydrogen (secondary N) is 1. The lowest BCUT2D eigenvalue weighted by atomic mass is 10.1. The van der Waals surface area contributed by atoms with Gasteiger partial charge in [0, 0.05) is 19.7 Å². The molecule has 1 aromatic heterocycles. The van der Waals surface area contributed by atoms with Gasteiger partial charge >= 0.3 is 0 Å². The zero-order chi connectivity index (χ0) is 19.3. The van der Waals surface area contributed by atoms with E-state index < -0.39 is 0 Å². The van der Waals surface area contributed by atoms with E-state index in [1.165, 1.54) is 0 Å². The monoisotopic (exact) mass is 419 g/mol. The quantitative estimate of drug-likeness (QED) is 0.779. The summed E-state index contributed by atoms with van der Waals surface area (Å²) in [5.74, 6) is -0.0583. The molecule has 1 atom stereocenters. The van der Waals surface area contributed by atoms with Crippen LogP contribution in [0.25, 0.3) is 0 Å².